The topological polar surface area (TPSA) is 49.4 Å². The molecule has 30 heavy (non-hydrogen) atoms. The van der Waals surface area contributed by atoms with Crippen LogP contribution in [0.2, 0.25) is 0 Å². The Morgan fingerprint density at radius 3 is 2.43 bits per heavy atom. The van der Waals surface area contributed by atoms with Crippen LogP contribution in [0.25, 0.3) is 11.1 Å². The van der Waals surface area contributed by atoms with Crippen LogP contribution in [0.15, 0.2) is 67.3 Å². The summed E-state index contributed by atoms with van der Waals surface area (Å²) >= 11 is 0. The predicted octanol–water partition coefficient (Wildman–Crippen LogP) is 4.22. The molecular formula is C26H30N2O2. The molecule has 1 atom stereocenters. The Balaban J connectivity index is 1.55. The number of rotatable bonds is 7. The molecule has 0 spiro atoms. The van der Waals surface area contributed by atoms with Crippen LogP contribution in [-0.2, 0) is 16.0 Å². The molecule has 0 bridgehead atoms. The molecule has 2 amide bonds. The Morgan fingerprint density at radius 1 is 1.07 bits per heavy atom. The van der Waals surface area contributed by atoms with E-state index in [1.807, 2.05) is 23.1 Å². The minimum Gasteiger partial charge on any atom is -0.352 e. The van der Waals surface area contributed by atoms with E-state index in [4.69, 9.17) is 0 Å². The van der Waals surface area contributed by atoms with E-state index in [0.717, 1.165) is 37.8 Å². The second kappa shape index (κ2) is 8.86. The SMILES string of the molecule is C=CCNC(=O)[C@]1(Cc2ccc(-c3ccccc3)cc2)CCCN(C(=O)C2CC2)C1. The van der Waals surface area contributed by atoms with Crippen LogP contribution in [0.4, 0.5) is 0 Å². The fourth-order valence-electron chi connectivity index (χ4n) is 4.51. The van der Waals surface area contributed by atoms with Gasteiger partial charge < -0.3 is 10.2 Å². The highest BCUT2D eigenvalue weighted by Gasteiger charge is 2.45. The molecule has 1 saturated heterocycles. The highest BCUT2D eigenvalue weighted by molar-refractivity contribution is 5.86. The van der Waals surface area contributed by atoms with Gasteiger partial charge in [-0.2, -0.15) is 0 Å². The Morgan fingerprint density at radius 2 is 1.77 bits per heavy atom. The highest BCUT2D eigenvalue weighted by Crippen LogP contribution is 2.38. The zero-order valence-electron chi connectivity index (χ0n) is 17.5. The monoisotopic (exact) mass is 402 g/mol. The minimum absolute atomic E-state index is 0.0304. The molecule has 4 nitrogen and oxygen atoms in total. The molecule has 2 aromatic carbocycles. The van der Waals surface area contributed by atoms with Gasteiger partial charge in [-0.05, 0) is 48.8 Å². The average Bonchev–Trinajstić information content (AvgIpc) is 3.64. The van der Waals surface area contributed by atoms with Crippen molar-refractivity contribution < 1.29 is 9.59 Å². The molecule has 1 N–H and O–H groups in total. The van der Waals surface area contributed by atoms with E-state index < -0.39 is 5.41 Å². The molecule has 2 fully saturated rings. The maximum absolute atomic E-state index is 13.2. The summed E-state index contributed by atoms with van der Waals surface area (Å²) < 4.78 is 0. The number of nitrogens with zero attached hydrogens (tertiary/aromatic N) is 1. The number of amides is 2. The average molecular weight is 403 g/mol. The van der Waals surface area contributed by atoms with Crippen molar-refractivity contribution >= 4 is 11.8 Å². The highest BCUT2D eigenvalue weighted by atomic mass is 16.2. The van der Waals surface area contributed by atoms with Gasteiger partial charge in [-0.25, -0.2) is 0 Å². The first kappa shape index (κ1) is 20.4. The molecule has 0 unspecified atom stereocenters. The van der Waals surface area contributed by atoms with Crippen molar-refractivity contribution in [3.05, 3.63) is 72.8 Å². The quantitative estimate of drug-likeness (QED) is 0.705. The van der Waals surface area contributed by atoms with Gasteiger partial charge in [-0.3, -0.25) is 9.59 Å². The number of nitrogens with one attached hydrogen (secondary N) is 1. The lowest BCUT2D eigenvalue weighted by Crippen LogP contribution is -2.54. The van der Waals surface area contributed by atoms with E-state index in [1.165, 1.54) is 11.1 Å². The predicted molar refractivity (Wildman–Crippen MR) is 120 cm³/mol. The number of hydrogen-bond acceptors (Lipinski definition) is 2. The lowest BCUT2D eigenvalue weighted by molar-refractivity contribution is -0.142. The summed E-state index contributed by atoms with van der Waals surface area (Å²) in [5.74, 6) is 0.444. The molecule has 4 heteroatoms. The summed E-state index contributed by atoms with van der Waals surface area (Å²) in [6.45, 7) is 5.44. The van der Waals surface area contributed by atoms with Crippen molar-refractivity contribution in [3.63, 3.8) is 0 Å². The summed E-state index contributed by atoms with van der Waals surface area (Å²) in [6.07, 6.45) is 5.99. The summed E-state index contributed by atoms with van der Waals surface area (Å²) in [4.78, 5) is 27.9. The van der Waals surface area contributed by atoms with E-state index in [0.29, 0.717) is 19.5 Å². The van der Waals surface area contributed by atoms with E-state index >= 15 is 0 Å². The number of carbonyl (C=O) groups is 2. The molecule has 1 aliphatic carbocycles. The molecule has 1 aliphatic heterocycles. The Hall–Kier alpha value is -2.88. The van der Waals surface area contributed by atoms with Gasteiger partial charge in [0, 0.05) is 25.6 Å². The first-order valence-electron chi connectivity index (χ1n) is 10.9. The zero-order valence-corrected chi connectivity index (χ0v) is 17.5. The zero-order chi connectivity index (χ0) is 21.0. The normalized spacial score (nSPS) is 21.1. The van der Waals surface area contributed by atoms with Crippen LogP contribution < -0.4 is 5.32 Å². The maximum Gasteiger partial charge on any atom is 0.228 e. The van der Waals surface area contributed by atoms with Crippen molar-refractivity contribution in [2.45, 2.75) is 32.1 Å². The standard InChI is InChI=1S/C26H30N2O2/c1-2-16-27-25(30)26(15-6-17-28(19-26)24(29)23-13-14-23)18-20-9-11-22(12-10-20)21-7-4-3-5-8-21/h2-5,7-12,23H,1,6,13-19H2,(H,27,30)/t26-/m0/s1. The first-order chi connectivity index (χ1) is 14.6. The number of likely N-dealkylation sites (tertiary alicyclic amines) is 1. The van der Waals surface area contributed by atoms with Crippen LogP contribution in [-0.4, -0.2) is 36.3 Å². The fraction of sp³-hybridized carbons (Fsp3) is 0.385. The van der Waals surface area contributed by atoms with Crippen LogP contribution in [0, 0.1) is 11.3 Å². The Bertz CT molecular complexity index is 902. The van der Waals surface area contributed by atoms with E-state index in [9.17, 15) is 9.59 Å². The smallest absolute Gasteiger partial charge is 0.228 e. The lowest BCUT2D eigenvalue weighted by Gasteiger charge is -2.42. The molecule has 0 aromatic heterocycles. The summed E-state index contributed by atoms with van der Waals surface area (Å²) in [6, 6.07) is 18.8. The third-order valence-electron chi connectivity index (χ3n) is 6.31. The van der Waals surface area contributed by atoms with E-state index in [2.05, 4.69) is 48.3 Å². The lowest BCUT2D eigenvalue weighted by atomic mass is 9.74. The third kappa shape index (κ3) is 4.48. The molecule has 2 aliphatic rings. The molecule has 156 valence electrons. The van der Waals surface area contributed by atoms with Gasteiger partial charge in [0.2, 0.25) is 11.8 Å². The minimum atomic E-state index is -0.583. The van der Waals surface area contributed by atoms with Gasteiger partial charge in [0.1, 0.15) is 0 Å². The number of carbonyl (C=O) groups excluding carboxylic acids is 2. The largest absolute Gasteiger partial charge is 0.352 e. The van der Waals surface area contributed by atoms with Crippen LogP contribution in [0.5, 0.6) is 0 Å². The maximum atomic E-state index is 13.2. The van der Waals surface area contributed by atoms with Crippen molar-refractivity contribution in [3.8, 4) is 11.1 Å². The van der Waals surface area contributed by atoms with Crippen molar-refractivity contribution in [1.82, 2.24) is 10.2 Å². The number of piperidine rings is 1. The van der Waals surface area contributed by atoms with Crippen molar-refractivity contribution in [2.24, 2.45) is 11.3 Å². The van der Waals surface area contributed by atoms with Crippen molar-refractivity contribution in [2.75, 3.05) is 19.6 Å². The van der Waals surface area contributed by atoms with Crippen LogP contribution >= 0.6 is 0 Å². The van der Waals surface area contributed by atoms with Gasteiger partial charge in [0.15, 0.2) is 0 Å². The molecule has 2 aromatic rings. The van der Waals surface area contributed by atoms with E-state index in [-0.39, 0.29) is 17.7 Å². The molecule has 1 heterocycles. The molecular weight excluding hydrogens is 372 g/mol. The van der Waals surface area contributed by atoms with Gasteiger partial charge in [-0.15, -0.1) is 6.58 Å². The van der Waals surface area contributed by atoms with Crippen LogP contribution in [0.1, 0.15) is 31.2 Å². The number of benzene rings is 2. The third-order valence-corrected chi connectivity index (χ3v) is 6.31. The molecule has 0 radical (unpaired) electrons. The second-order valence-electron chi connectivity index (χ2n) is 8.66. The van der Waals surface area contributed by atoms with Gasteiger partial charge in [0.05, 0.1) is 5.41 Å². The van der Waals surface area contributed by atoms with Gasteiger partial charge in [0.25, 0.3) is 0 Å². The summed E-state index contributed by atoms with van der Waals surface area (Å²) in [5.41, 5.74) is 2.89. The van der Waals surface area contributed by atoms with E-state index in [1.54, 1.807) is 6.08 Å². The first-order valence-corrected chi connectivity index (χ1v) is 10.9. The Labute approximate surface area is 179 Å². The number of hydrogen-bond donors (Lipinski definition) is 1. The second-order valence-corrected chi connectivity index (χ2v) is 8.66. The van der Waals surface area contributed by atoms with Crippen LogP contribution in [0.3, 0.4) is 0 Å². The Kier molecular flexibility index (Phi) is 6.03. The fourth-order valence-corrected chi connectivity index (χ4v) is 4.51. The summed E-state index contributed by atoms with van der Waals surface area (Å²) in [5, 5.41) is 3.01. The molecule has 1 saturated carbocycles. The van der Waals surface area contributed by atoms with Gasteiger partial charge in [-0.1, -0.05) is 60.7 Å². The summed E-state index contributed by atoms with van der Waals surface area (Å²) in [7, 11) is 0. The molecule has 4 rings (SSSR count). The van der Waals surface area contributed by atoms with Gasteiger partial charge >= 0.3 is 0 Å². The van der Waals surface area contributed by atoms with Crippen molar-refractivity contribution in [1.29, 1.82) is 0 Å².